The van der Waals surface area contributed by atoms with Gasteiger partial charge in [-0.05, 0) is 37.8 Å². The van der Waals surface area contributed by atoms with E-state index >= 15 is 0 Å². The molecule has 2 fully saturated rings. The quantitative estimate of drug-likeness (QED) is 0.844. The standard InChI is InChI=1S/C17H21FN2O5S/c18-13-4-1-2-6-15(13)26(24,25)19-10-7-12(8-11-19)16(21)20-9-3-5-14(20)17(22)23/h1-2,4,6,12,14H,3,5,7-11H2,(H,22,23)/t14-/m0/s1. The molecular weight excluding hydrogens is 363 g/mol. The maximum atomic E-state index is 13.8. The fourth-order valence-corrected chi connectivity index (χ4v) is 5.19. The number of benzene rings is 1. The number of hydrogen-bond acceptors (Lipinski definition) is 4. The van der Waals surface area contributed by atoms with Gasteiger partial charge in [-0.3, -0.25) is 4.79 Å². The highest BCUT2D eigenvalue weighted by Gasteiger charge is 2.39. The van der Waals surface area contributed by atoms with E-state index in [4.69, 9.17) is 0 Å². The van der Waals surface area contributed by atoms with Crippen LogP contribution < -0.4 is 0 Å². The fourth-order valence-electron chi connectivity index (χ4n) is 3.66. The summed E-state index contributed by atoms with van der Waals surface area (Å²) in [4.78, 5) is 24.9. The van der Waals surface area contributed by atoms with Crippen molar-refractivity contribution in [2.24, 2.45) is 5.92 Å². The second-order valence-electron chi connectivity index (χ2n) is 6.64. The van der Waals surface area contributed by atoms with E-state index in [-0.39, 0.29) is 23.9 Å². The molecule has 142 valence electrons. The molecule has 0 saturated carbocycles. The van der Waals surface area contributed by atoms with Gasteiger partial charge >= 0.3 is 5.97 Å². The van der Waals surface area contributed by atoms with Crippen LogP contribution in [0.1, 0.15) is 25.7 Å². The topological polar surface area (TPSA) is 95.0 Å². The van der Waals surface area contributed by atoms with Gasteiger partial charge in [0.25, 0.3) is 0 Å². The number of aliphatic carboxylic acids is 1. The summed E-state index contributed by atoms with van der Waals surface area (Å²) in [5, 5.41) is 9.21. The molecule has 7 nitrogen and oxygen atoms in total. The predicted molar refractivity (Wildman–Crippen MR) is 90.3 cm³/mol. The third-order valence-corrected chi connectivity index (χ3v) is 7.01. The number of carbonyl (C=O) groups excluding carboxylic acids is 1. The van der Waals surface area contributed by atoms with Crippen LogP contribution in [0.4, 0.5) is 4.39 Å². The van der Waals surface area contributed by atoms with Crippen LogP contribution in [0.25, 0.3) is 0 Å². The van der Waals surface area contributed by atoms with Gasteiger partial charge in [-0.25, -0.2) is 17.6 Å². The van der Waals surface area contributed by atoms with E-state index in [1.165, 1.54) is 27.4 Å². The number of piperidine rings is 1. The summed E-state index contributed by atoms with van der Waals surface area (Å²) in [6.45, 7) is 0.640. The molecule has 2 aliphatic heterocycles. The number of hydrogen-bond donors (Lipinski definition) is 1. The number of likely N-dealkylation sites (tertiary alicyclic amines) is 1. The second-order valence-corrected chi connectivity index (χ2v) is 8.54. The maximum Gasteiger partial charge on any atom is 0.326 e. The Hall–Kier alpha value is -2.00. The first-order chi connectivity index (χ1) is 12.3. The van der Waals surface area contributed by atoms with Crippen LogP contribution in [-0.4, -0.2) is 60.3 Å². The first-order valence-electron chi connectivity index (χ1n) is 8.60. The van der Waals surface area contributed by atoms with Crippen LogP contribution in [0.2, 0.25) is 0 Å². The third-order valence-electron chi connectivity index (χ3n) is 5.08. The molecule has 1 atom stereocenters. The van der Waals surface area contributed by atoms with E-state index in [0.29, 0.717) is 32.2 Å². The van der Waals surface area contributed by atoms with Crippen molar-refractivity contribution >= 4 is 21.9 Å². The molecule has 1 aromatic rings. The van der Waals surface area contributed by atoms with E-state index < -0.39 is 33.8 Å². The highest BCUT2D eigenvalue weighted by Crippen LogP contribution is 2.28. The molecule has 1 amide bonds. The molecule has 2 saturated heterocycles. The zero-order valence-corrected chi connectivity index (χ0v) is 15.0. The van der Waals surface area contributed by atoms with Crippen molar-refractivity contribution in [3.05, 3.63) is 30.1 Å². The summed E-state index contributed by atoms with van der Waals surface area (Å²) in [7, 11) is -3.95. The van der Waals surface area contributed by atoms with Gasteiger partial charge in [-0.2, -0.15) is 4.31 Å². The summed E-state index contributed by atoms with van der Waals surface area (Å²) in [6.07, 6.45) is 1.70. The molecule has 0 aromatic heterocycles. The largest absolute Gasteiger partial charge is 0.480 e. The average molecular weight is 384 g/mol. The number of rotatable bonds is 4. The molecule has 26 heavy (non-hydrogen) atoms. The van der Waals surface area contributed by atoms with Gasteiger partial charge < -0.3 is 10.0 Å². The predicted octanol–water partition coefficient (Wildman–Crippen LogP) is 1.30. The number of halogens is 1. The Kier molecular flexibility index (Phi) is 5.29. The lowest BCUT2D eigenvalue weighted by Gasteiger charge is -2.33. The van der Waals surface area contributed by atoms with Gasteiger partial charge in [0.1, 0.15) is 16.8 Å². The summed E-state index contributed by atoms with van der Waals surface area (Å²) >= 11 is 0. The smallest absolute Gasteiger partial charge is 0.326 e. The number of carboxylic acids is 1. The lowest BCUT2D eigenvalue weighted by molar-refractivity contribution is -0.150. The Morgan fingerprint density at radius 2 is 1.73 bits per heavy atom. The van der Waals surface area contributed by atoms with E-state index in [1.807, 2.05) is 0 Å². The zero-order chi connectivity index (χ0) is 18.9. The van der Waals surface area contributed by atoms with Crippen LogP contribution in [0.3, 0.4) is 0 Å². The van der Waals surface area contributed by atoms with Crippen molar-refractivity contribution in [2.75, 3.05) is 19.6 Å². The number of carbonyl (C=O) groups is 2. The van der Waals surface area contributed by atoms with Gasteiger partial charge in [0.2, 0.25) is 15.9 Å². The van der Waals surface area contributed by atoms with Crippen molar-refractivity contribution in [1.29, 1.82) is 0 Å². The van der Waals surface area contributed by atoms with E-state index in [0.717, 1.165) is 6.07 Å². The molecule has 1 N–H and O–H groups in total. The number of amides is 1. The molecule has 2 heterocycles. The Morgan fingerprint density at radius 3 is 2.35 bits per heavy atom. The Bertz CT molecular complexity index is 805. The van der Waals surface area contributed by atoms with Crippen LogP contribution in [0.15, 0.2) is 29.2 Å². The number of nitrogens with zero attached hydrogens (tertiary/aromatic N) is 2. The number of sulfonamides is 1. The molecule has 0 unspecified atom stereocenters. The summed E-state index contributed by atoms with van der Waals surface area (Å²) in [6, 6.07) is 4.43. The van der Waals surface area contributed by atoms with Crippen LogP contribution in [0.5, 0.6) is 0 Å². The monoisotopic (exact) mass is 384 g/mol. The molecule has 1 aromatic carbocycles. The average Bonchev–Trinajstić information content (AvgIpc) is 3.11. The van der Waals surface area contributed by atoms with E-state index in [2.05, 4.69) is 0 Å². The minimum absolute atomic E-state index is 0.110. The van der Waals surface area contributed by atoms with Gasteiger partial charge in [0.05, 0.1) is 0 Å². The summed E-state index contributed by atoms with van der Waals surface area (Å²) in [5.41, 5.74) is 0. The molecule has 0 radical (unpaired) electrons. The molecule has 2 aliphatic rings. The normalized spacial score (nSPS) is 22.5. The molecule has 3 rings (SSSR count). The molecule has 0 spiro atoms. The third kappa shape index (κ3) is 3.45. The Morgan fingerprint density at radius 1 is 1.08 bits per heavy atom. The number of carboxylic acid groups (broad SMARTS) is 1. The summed E-state index contributed by atoms with van der Waals surface area (Å²) in [5.74, 6) is -2.43. The van der Waals surface area contributed by atoms with Crippen LogP contribution >= 0.6 is 0 Å². The second kappa shape index (κ2) is 7.32. The van der Waals surface area contributed by atoms with Crippen LogP contribution in [0, 0.1) is 11.7 Å². The van der Waals surface area contributed by atoms with Crippen molar-refractivity contribution in [2.45, 2.75) is 36.6 Å². The van der Waals surface area contributed by atoms with Crippen molar-refractivity contribution in [1.82, 2.24) is 9.21 Å². The van der Waals surface area contributed by atoms with E-state index in [9.17, 15) is 27.5 Å². The fraction of sp³-hybridized carbons (Fsp3) is 0.529. The zero-order valence-electron chi connectivity index (χ0n) is 14.2. The minimum Gasteiger partial charge on any atom is -0.480 e. The highest BCUT2D eigenvalue weighted by molar-refractivity contribution is 7.89. The Labute approximate surface area is 151 Å². The Balaban J connectivity index is 1.67. The molecule has 0 aliphatic carbocycles. The van der Waals surface area contributed by atoms with Gasteiger partial charge in [-0.15, -0.1) is 0 Å². The lowest BCUT2D eigenvalue weighted by Crippen LogP contribution is -2.47. The van der Waals surface area contributed by atoms with E-state index in [1.54, 1.807) is 0 Å². The lowest BCUT2D eigenvalue weighted by atomic mass is 9.96. The molecule has 9 heteroatoms. The van der Waals surface area contributed by atoms with Crippen molar-refractivity contribution < 1.29 is 27.5 Å². The molecular formula is C17H21FN2O5S. The minimum atomic E-state index is -3.95. The van der Waals surface area contributed by atoms with Gasteiger partial charge in [-0.1, -0.05) is 12.1 Å². The first kappa shape index (κ1) is 18.8. The first-order valence-corrected chi connectivity index (χ1v) is 10.0. The SMILES string of the molecule is O=C(O)[C@@H]1CCCN1C(=O)C1CCN(S(=O)(=O)c2ccccc2F)CC1. The highest BCUT2D eigenvalue weighted by atomic mass is 32.2. The van der Waals surface area contributed by atoms with Crippen molar-refractivity contribution in [3.8, 4) is 0 Å². The van der Waals surface area contributed by atoms with Gasteiger partial charge in [0, 0.05) is 25.6 Å². The summed E-state index contributed by atoms with van der Waals surface area (Å²) < 4.78 is 40.2. The molecule has 0 bridgehead atoms. The van der Waals surface area contributed by atoms with Crippen LogP contribution in [-0.2, 0) is 19.6 Å². The van der Waals surface area contributed by atoms with Crippen molar-refractivity contribution in [3.63, 3.8) is 0 Å². The maximum absolute atomic E-state index is 13.8. The van der Waals surface area contributed by atoms with Gasteiger partial charge in [0.15, 0.2) is 0 Å².